The third-order valence-electron chi connectivity index (χ3n) is 21.5. The highest BCUT2D eigenvalue weighted by Gasteiger charge is 2.43. The van der Waals surface area contributed by atoms with E-state index in [1.54, 1.807) is 0 Å². The number of ether oxygens (including phenoxy) is 2. The van der Waals surface area contributed by atoms with Gasteiger partial charge in [-0.25, -0.2) is 4.79 Å². The van der Waals surface area contributed by atoms with Gasteiger partial charge in [-0.15, -0.1) is 5.06 Å². The summed E-state index contributed by atoms with van der Waals surface area (Å²) in [5.41, 5.74) is 5.24. The lowest BCUT2D eigenvalue weighted by Gasteiger charge is -2.37. The van der Waals surface area contributed by atoms with E-state index in [1.165, 1.54) is 6.42 Å². The molecule has 36 nitrogen and oxygen atoms in total. The Hall–Kier alpha value is -7.76. The summed E-state index contributed by atoms with van der Waals surface area (Å²) in [5, 5.41) is 18.9. The van der Waals surface area contributed by atoms with Crippen molar-refractivity contribution >= 4 is 116 Å². The zero-order chi connectivity index (χ0) is 98.6. The summed E-state index contributed by atoms with van der Waals surface area (Å²) in [6.07, 6.45) is 20.9. The number of nitrogens with one attached hydrogen (secondary N) is 6. The predicted molar refractivity (Wildman–Crippen MR) is 493 cm³/mol. The van der Waals surface area contributed by atoms with Crippen molar-refractivity contribution in [3.05, 3.63) is 36.5 Å². The van der Waals surface area contributed by atoms with Gasteiger partial charge in [0.2, 0.25) is 29.5 Å². The third kappa shape index (κ3) is 56.3. The van der Waals surface area contributed by atoms with E-state index in [0.717, 1.165) is 150 Å². The maximum atomic E-state index is 13.1. The number of rotatable bonds is 24. The van der Waals surface area contributed by atoms with Crippen molar-refractivity contribution in [3.8, 4) is 0 Å². The Morgan fingerprint density at radius 1 is 0.369 bits per heavy atom. The van der Waals surface area contributed by atoms with Crippen molar-refractivity contribution in [3.63, 3.8) is 0 Å². The van der Waals surface area contributed by atoms with Crippen LogP contribution in [0.1, 0.15) is 176 Å². The van der Waals surface area contributed by atoms with Crippen LogP contribution in [0.2, 0.25) is 0 Å². The number of hydrogen-bond acceptors (Lipinski definition) is 30. The molecule has 0 aromatic rings. The van der Waals surface area contributed by atoms with Crippen LogP contribution < -0.4 is 37.6 Å². The average molecular weight is 1970 g/mol. The molecule has 6 aliphatic carbocycles. The number of nitrogens with zero attached hydrogens (tertiary/aromatic N) is 8. The van der Waals surface area contributed by atoms with Gasteiger partial charge in [-0.05, 0) is 137 Å². The quantitative estimate of drug-likeness (QED) is 0.0225. The summed E-state index contributed by atoms with van der Waals surface area (Å²) in [6.45, 7) is 61.4. The first-order valence-electron chi connectivity index (χ1n) is 45.3. The number of alkyl halides is 2. The number of amides is 7. The number of halogens is 2. The number of carbonyl (C=O) groups is 10. The Bertz CT molecular complexity index is 3630. The van der Waals surface area contributed by atoms with Crippen molar-refractivity contribution in [1.29, 1.82) is 0 Å². The molecule has 0 radical (unpaired) electrons. The van der Waals surface area contributed by atoms with E-state index in [-0.39, 0.29) is 131 Å². The molecule has 3 saturated carbocycles. The van der Waals surface area contributed by atoms with Crippen molar-refractivity contribution in [2.75, 3.05) is 200 Å². The molecule has 38 heteroatoms. The second kappa shape index (κ2) is 62.7. The topological polar surface area (TPSA) is 459 Å². The van der Waals surface area contributed by atoms with E-state index >= 15 is 0 Å². The highest BCUT2D eigenvalue weighted by Crippen LogP contribution is 2.45. The number of allylic oxidation sites excluding steroid dienone is 6. The summed E-state index contributed by atoms with van der Waals surface area (Å²) in [4.78, 5) is 204. The average Bonchev–Trinajstić information content (AvgIpc) is 1.67. The van der Waals surface area contributed by atoms with Gasteiger partial charge in [0.05, 0.1) is 25.0 Å². The van der Waals surface area contributed by atoms with E-state index in [0.29, 0.717) is 110 Å². The van der Waals surface area contributed by atoms with Gasteiger partial charge >= 0.3 is 42.5 Å². The molecule has 3 saturated heterocycles. The van der Waals surface area contributed by atoms with Gasteiger partial charge in [0.25, 0.3) is 11.8 Å². The first-order valence-corrected chi connectivity index (χ1v) is 47.5. The molecule has 3 heterocycles. The van der Waals surface area contributed by atoms with Gasteiger partial charge < -0.3 is 71.5 Å². The van der Waals surface area contributed by atoms with Crippen LogP contribution in [0.25, 0.3) is 0 Å². The molecule has 6 fully saturated rings. The van der Waals surface area contributed by atoms with Crippen LogP contribution in [-0.4, -0.2) is 335 Å². The molecular formula is C92H155Br2N15O21. The van der Waals surface area contributed by atoms with E-state index in [1.807, 2.05) is 41.5 Å². The van der Waals surface area contributed by atoms with Crippen molar-refractivity contribution < 1.29 is 101 Å². The number of nitrogens with two attached hydrogens (primary N) is 1. The second-order valence-electron chi connectivity index (χ2n) is 40.8. The highest BCUT2D eigenvalue weighted by atomic mass is 79.9. The lowest BCUT2D eigenvalue weighted by atomic mass is 9.93. The van der Waals surface area contributed by atoms with E-state index in [2.05, 4.69) is 222 Å². The molecule has 0 aromatic carbocycles. The van der Waals surface area contributed by atoms with Crippen LogP contribution in [0.15, 0.2) is 36.5 Å². The minimum atomic E-state index is -0.654. The lowest BCUT2D eigenvalue weighted by molar-refractivity contribution is -0.195. The van der Waals surface area contributed by atoms with Crippen LogP contribution >= 0.6 is 31.9 Å². The summed E-state index contributed by atoms with van der Waals surface area (Å²) in [6, 6.07) is 0. The molecule has 9 rings (SSSR count). The van der Waals surface area contributed by atoms with Gasteiger partial charge in [0.15, 0.2) is 0 Å². The number of esters is 2. The van der Waals surface area contributed by atoms with E-state index in [9.17, 15) is 47.9 Å². The van der Waals surface area contributed by atoms with Crippen LogP contribution in [-0.2, 0) is 101 Å². The molecule has 130 heavy (non-hydrogen) atoms. The first kappa shape index (κ1) is 120. The molecule has 6 bridgehead atoms. The van der Waals surface area contributed by atoms with Crippen LogP contribution in [0.5, 0.6) is 0 Å². The van der Waals surface area contributed by atoms with Crippen molar-refractivity contribution in [1.82, 2.24) is 71.3 Å². The number of imide groups is 1. The Balaban J connectivity index is 0.000000855. The van der Waals surface area contributed by atoms with Gasteiger partial charge in [0.1, 0.15) is 16.5 Å². The zero-order valence-electron chi connectivity index (χ0n) is 80.7. The molecule has 0 spiro atoms. The Morgan fingerprint density at radius 2 is 0.638 bits per heavy atom. The lowest BCUT2D eigenvalue weighted by Crippen LogP contribution is -2.50. The molecule has 8 N–H and O–H groups in total. The number of carbonyl (C=O) groups excluding carboxylic acids is 18. The fourth-order valence-electron chi connectivity index (χ4n) is 16.7. The number of hydroxylamine groups is 2. The standard InChI is InChI=1S/C36H66N6O4.C24H50N4O2.C12H17BrN2O2.C10H16N2O.C6H6BrNO4.4CO2/c1-34(2,3)26-41-18-16-39(24-31(43)37-12-13-38-33(45)30-23-28-10-11-29(30)22-28)14-15-40(25-32(44)46-36(7,8)9)17-19-42(21-20-41)27-35(4,5)6;1-22(2,3)19-27-13-11-25-10-12-26(18-21(29)30-24(7,8)9)14-15-28(17-16-27)20-23(4,5)6;13-7-11(16)14-3-4-15-12(17)10-6-8-1-2-9(10)5-8;11-3-4-12-10(13)9-6-7-1-2-8(9)5-7;7-3-6(11)12-8-4(9)1-2-5(8)10;4*2-1-3/h10-11,28-30H,12-27H2,1-9H3,(H,37,43)(H,38,45);25H,10-20H2,1-9H3;1-2,8-10H,3-7H2,(H,14,16)(H,15,17);1-2,7-9H,3-6,11H2,(H,12,13);1-3H2;;;;. The molecule has 9 unspecified atom stereocenters. The van der Waals surface area contributed by atoms with Gasteiger partial charge in [-0.2, -0.15) is 38.4 Å². The fourth-order valence-corrected chi connectivity index (χ4v) is 17.0. The van der Waals surface area contributed by atoms with E-state index < -0.39 is 29.0 Å². The number of hydrogen-bond donors (Lipinski definition) is 7. The zero-order valence-corrected chi connectivity index (χ0v) is 83.9. The minimum absolute atomic E-state index is 0.0376. The molecular weight excluding hydrogens is 1810 g/mol. The monoisotopic (exact) mass is 1960 g/mol. The number of fused-ring (bicyclic) bond motifs is 6. The third-order valence-corrected chi connectivity index (χ3v) is 22.5. The Morgan fingerprint density at radius 3 is 0.908 bits per heavy atom. The van der Waals surface area contributed by atoms with Gasteiger partial charge in [-0.1, -0.05) is 151 Å². The molecule has 9 atom stereocenters. The molecule has 9 aliphatic rings. The van der Waals surface area contributed by atoms with Crippen molar-refractivity contribution in [2.24, 2.45) is 80.7 Å². The Labute approximate surface area is 788 Å². The molecule has 3 aliphatic heterocycles. The smallest absolute Gasteiger partial charge is 0.373 e. The van der Waals surface area contributed by atoms with Crippen molar-refractivity contribution in [2.45, 2.75) is 187 Å². The first-order chi connectivity index (χ1) is 60.8. The molecule has 7 amide bonds. The highest BCUT2D eigenvalue weighted by molar-refractivity contribution is 9.09. The predicted octanol–water partition coefficient (Wildman–Crippen LogP) is 4.77. The summed E-state index contributed by atoms with van der Waals surface area (Å²) < 4.78 is 11.2. The second-order valence-corrected chi connectivity index (χ2v) is 41.9. The van der Waals surface area contributed by atoms with Gasteiger partial charge in [0, 0.05) is 201 Å². The maximum Gasteiger partial charge on any atom is 0.373 e. The van der Waals surface area contributed by atoms with Crippen LogP contribution in [0, 0.1) is 74.9 Å². The van der Waals surface area contributed by atoms with Crippen LogP contribution in [0.4, 0.5) is 0 Å². The minimum Gasteiger partial charge on any atom is -0.459 e. The molecule has 0 aromatic heterocycles. The Kier molecular flexibility index (Phi) is 58.0. The SMILES string of the molecule is CC(C)(C)CN1CCN(CC(=O)NCCNC(=O)C2CC3C=CC2C3)CCN(CC(=O)OC(C)(C)C)CCN(CC(C)(C)C)CC1.CC(C)(C)CN1CCNCCN(CC(=O)OC(C)(C)C)CCN(CC(C)(C)C)CC1.NCCNC(=O)C1CC2C=CC1C2.O=C(CBr)NCCNC(=O)C1CC2C=CC1C2.O=C(CBr)ON1C(=O)CCC1=O.O=C=O.O=C=O.O=C=O.O=C=O. The van der Waals surface area contributed by atoms with E-state index in [4.69, 9.17) is 53.6 Å². The largest absolute Gasteiger partial charge is 0.459 e. The fraction of sp³-hybridized carbons (Fsp3) is 0.783. The maximum absolute atomic E-state index is 13.1. The normalized spacial score (nSPS) is 22.7. The van der Waals surface area contributed by atoms with Gasteiger partial charge in [-0.3, -0.25) is 57.9 Å². The summed E-state index contributed by atoms with van der Waals surface area (Å²) in [7, 11) is 0. The molecule has 738 valence electrons. The van der Waals surface area contributed by atoms with Crippen LogP contribution in [0.3, 0.4) is 0 Å². The summed E-state index contributed by atoms with van der Waals surface area (Å²) in [5.74, 6) is 2.03. The summed E-state index contributed by atoms with van der Waals surface area (Å²) >= 11 is 5.90.